The number of hydrogen-bond donors (Lipinski definition) is 1. The Morgan fingerprint density at radius 3 is 2.21 bits per heavy atom. The number of nitrogens with one attached hydrogen (secondary N) is 1. The summed E-state index contributed by atoms with van der Waals surface area (Å²) in [6.07, 6.45) is -4.16. The normalized spacial score (nSPS) is 15.5. The number of piperazine rings is 1. The van der Waals surface area contributed by atoms with Crippen LogP contribution in [0, 0.1) is 5.82 Å². The molecule has 0 radical (unpaired) electrons. The Balaban J connectivity index is 1.43. The molecular formula is C20H21F4N3O. The van der Waals surface area contributed by atoms with E-state index in [-0.39, 0.29) is 18.1 Å². The molecule has 0 saturated carbocycles. The number of alkyl halides is 3. The van der Waals surface area contributed by atoms with E-state index in [4.69, 9.17) is 0 Å². The second-order valence-electron chi connectivity index (χ2n) is 6.65. The second-order valence-corrected chi connectivity index (χ2v) is 6.65. The predicted molar refractivity (Wildman–Crippen MR) is 99.7 cm³/mol. The van der Waals surface area contributed by atoms with Crippen LogP contribution in [0.25, 0.3) is 0 Å². The van der Waals surface area contributed by atoms with Crippen molar-refractivity contribution >= 4 is 17.3 Å². The fourth-order valence-corrected chi connectivity index (χ4v) is 3.15. The van der Waals surface area contributed by atoms with Crippen LogP contribution in [0.5, 0.6) is 0 Å². The van der Waals surface area contributed by atoms with Crippen LogP contribution in [0.4, 0.5) is 28.9 Å². The highest BCUT2D eigenvalue weighted by atomic mass is 19.4. The Kier molecular flexibility index (Phi) is 6.18. The van der Waals surface area contributed by atoms with Gasteiger partial charge in [-0.1, -0.05) is 12.1 Å². The first-order chi connectivity index (χ1) is 13.3. The molecule has 0 spiro atoms. The molecule has 0 aromatic heterocycles. The topological polar surface area (TPSA) is 35.6 Å². The van der Waals surface area contributed by atoms with Crippen molar-refractivity contribution < 1.29 is 22.4 Å². The molecule has 0 atom stereocenters. The quantitative estimate of drug-likeness (QED) is 0.778. The third kappa shape index (κ3) is 5.22. The zero-order valence-electron chi connectivity index (χ0n) is 15.2. The summed E-state index contributed by atoms with van der Waals surface area (Å²) in [7, 11) is 0. The molecule has 0 aliphatic carbocycles. The Morgan fingerprint density at radius 1 is 0.964 bits per heavy atom. The van der Waals surface area contributed by atoms with Crippen molar-refractivity contribution in [3.8, 4) is 0 Å². The summed E-state index contributed by atoms with van der Waals surface area (Å²) >= 11 is 0. The van der Waals surface area contributed by atoms with E-state index in [9.17, 15) is 22.4 Å². The minimum atomic E-state index is -4.40. The first kappa shape index (κ1) is 20.1. The zero-order chi connectivity index (χ0) is 20.1. The average molecular weight is 395 g/mol. The highest BCUT2D eigenvalue weighted by Gasteiger charge is 2.30. The lowest BCUT2D eigenvalue weighted by Gasteiger charge is -2.36. The van der Waals surface area contributed by atoms with Crippen molar-refractivity contribution in [3.63, 3.8) is 0 Å². The number of hydrogen-bond acceptors (Lipinski definition) is 3. The van der Waals surface area contributed by atoms with Crippen molar-refractivity contribution in [1.82, 2.24) is 4.90 Å². The zero-order valence-corrected chi connectivity index (χ0v) is 15.2. The predicted octanol–water partition coefficient (Wildman–Crippen LogP) is 4.00. The molecule has 2 aromatic carbocycles. The van der Waals surface area contributed by atoms with Gasteiger partial charge in [-0.15, -0.1) is 0 Å². The van der Waals surface area contributed by atoms with Gasteiger partial charge in [-0.2, -0.15) is 13.2 Å². The Bertz CT molecular complexity index is 800. The molecular weight excluding hydrogens is 374 g/mol. The summed E-state index contributed by atoms with van der Waals surface area (Å²) in [5.74, 6) is -0.497. The van der Waals surface area contributed by atoms with Crippen molar-refractivity contribution in [2.75, 3.05) is 42.9 Å². The van der Waals surface area contributed by atoms with Gasteiger partial charge in [0.1, 0.15) is 5.82 Å². The Labute approximate surface area is 160 Å². The molecule has 1 aliphatic rings. The summed E-state index contributed by atoms with van der Waals surface area (Å²) in [6, 6.07) is 11.0. The molecule has 1 heterocycles. The number of anilines is 2. The molecule has 28 heavy (non-hydrogen) atoms. The van der Waals surface area contributed by atoms with Gasteiger partial charge in [-0.25, -0.2) is 4.39 Å². The van der Waals surface area contributed by atoms with Gasteiger partial charge in [0.25, 0.3) is 0 Å². The van der Waals surface area contributed by atoms with Crippen molar-refractivity contribution in [2.45, 2.75) is 12.6 Å². The molecule has 1 saturated heterocycles. The van der Waals surface area contributed by atoms with Gasteiger partial charge in [0, 0.05) is 44.8 Å². The van der Waals surface area contributed by atoms with Crippen LogP contribution in [-0.4, -0.2) is 43.5 Å². The lowest BCUT2D eigenvalue weighted by molar-refractivity contribution is -0.137. The van der Waals surface area contributed by atoms with E-state index in [1.165, 1.54) is 18.2 Å². The van der Waals surface area contributed by atoms with Crippen LogP contribution in [-0.2, 0) is 11.0 Å². The van der Waals surface area contributed by atoms with E-state index in [0.29, 0.717) is 44.1 Å². The second kappa shape index (κ2) is 8.60. The van der Waals surface area contributed by atoms with Crippen molar-refractivity contribution in [3.05, 3.63) is 59.9 Å². The van der Waals surface area contributed by atoms with Crippen LogP contribution >= 0.6 is 0 Å². The summed E-state index contributed by atoms with van der Waals surface area (Å²) < 4.78 is 51.5. The summed E-state index contributed by atoms with van der Waals surface area (Å²) in [5, 5.41) is 2.61. The molecule has 3 rings (SSSR count). The van der Waals surface area contributed by atoms with E-state index in [1.807, 2.05) is 4.90 Å². The summed E-state index contributed by atoms with van der Waals surface area (Å²) in [5.41, 5.74) is 0.169. The number of halogens is 4. The number of nitrogens with zero attached hydrogens (tertiary/aromatic N) is 2. The molecule has 1 aliphatic heterocycles. The number of para-hydroxylation sites is 1. The number of amides is 1. The smallest absolute Gasteiger partial charge is 0.367 e. The fraction of sp³-hybridized carbons (Fsp3) is 0.350. The highest BCUT2D eigenvalue weighted by molar-refractivity contribution is 5.90. The molecule has 4 nitrogen and oxygen atoms in total. The minimum absolute atomic E-state index is 0.237. The third-order valence-corrected chi connectivity index (χ3v) is 4.72. The number of benzene rings is 2. The fourth-order valence-electron chi connectivity index (χ4n) is 3.15. The van der Waals surface area contributed by atoms with Gasteiger partial charge in [0.15, 0.2) is 0 Å². The van der Waals surface area contributed by atoms with E-state index in [2.05, 4.69) is 10.2 Å². The van der Waals surface area contributed by atoms with Gasteiger partial charge < -0.3 is 10.2 Å². The lowest BCUT2D eigenvalue weighted by atomic mass is 10.2. The average Bonchev–Trinajstić information content (AvgIpc) is 2.67. The first-order valence-corrected chi connectivity index (χ1v) is 9.02. The minimum Gasteiger partial charge on any atom is -0.367 e. The van der Waals surface area contributed by atoms with E-state index in [1.54, 1.807) is 18.2 Å². The van der Waals surface area contributed by atoms with Crippen LogP contribution in [0.3, 0.4) is 0 Å². The maximum Gasteiger partial charge on any atom is 0.416 e. The largest absolute Gasteiger partial charge is 0.416 e. The van der Waals surface area contributed by atoms with Gasteiger partial charge in [0.2, 0.25) is 5.91 Å². The molecule has 8 heteroatoms. The van der Waals surface area contributed by atoms with Gasteiger partial charge in [0.05, 0.1) is 11.3 Å². The molecule has 1 amide bonds. The van der Waals surface area contributed by atoms with Crippen LogP contribution in [0.2, 0.25) is 0 Å². The highest BCUT2D eigenvalue weighted by Crippen LogP contribution is 2.29. The first-order valence-electron chi connectivity index (χ1n) is 9.02. The van der Waals surface area contributed by atoms with Crippen LogP contribution in [0.15, 0.2) is 48.5 Å². The molecule has 0 bridgehead atoms. The van der Waals surface area contributed by atoms with Gasteiger partial charge >= 0.3 is 6.18 Å². The Hall–Kier alpha value is -2.61. The SMILES string of the molecule is O=C(CCN1CCN(c2ccccc2F)CC1)Nc1ccc(C(F)(F)F)cc1. The van der Waals surface area contributed by atoms with E-state index >= 15 is 0 Å². The van der Waals surface area contributed by atoms with Crippen molar-refractivity contribution in [2.24, 2.45) is 0 Å². The summed E-state index contributed by atoms with van der Waals surface area (Å²) in [4.78, 5) is 16.1. The summed E-state index contributed by atoms with van der Waals surface area (Å²) in [6.45, 7) is 3.30. The number of carbonyl (C=O) groups excluding carboxylic acids is 1. The number of carbonyl (C=O) groups is 1. The standard InChI is InChI=1S/C20H21F4N3O/c21-17-3-1-2-4-18(17)27-13-11-26(12-14-27)10-9-19(28)25-16-7-5-15(6-8-16)20(22,23)24/h1-8H,9-14H2,(H,25,28). The molecule has 150 valence electrons. The third-order valence-electron chi connectivity index (χ3n) is 4.72. The monoisotopic (exact) mass is 395 g/mol. The van der Waals surface area contributed by atoms with E-state index in [0.717, 1.165) is 12.1 Å². The maximum atomic E-state index is 13.9. The van der Waals surface area contributed by atoms with Gasteiger partial charge in [-0.3, -0.25) is 9.69 Å². The molecule has 0 unspecified atom stereocenters. The number of rotatable bonds is 5. The maximum absolute atomic E-state index is 13.9. The molecule has 1 fully saturated rings. The van der Waals surface area contributed by atoms with Gasteiger partial charge in [-0.05, 0) is 36.4 Å². The van der Waals surface area contributed by atoms with Crippen LogP contribution in [0.1, 0.15) is 12.0 Å². The molecule has 2 aromatic rings. The van der Waals surface area contributed by atoms with Crippen LogP contribution < -0.4 is 10.2 Å². The molecule has 1 N–H and O–H groups in total. The van der Waals surface area contributed by atoms with Crippen molar-refractivity contribution in [1.29, 1.82) is 0 Å². The van der Waals surface area contributed by atoms with E-state index < -0.39 is 11.7 Å². The Morgan fingerprint density at radius 2 is 1.61 bits per heavy atom. The lowest BCUT2D eigenvalue weighted by Crippen LogP contribution is -2.47.